The highest BCUT2D eigenvalue weighted by Gasteiger charge is 2.33. The van der Waals surface area contributed by atoms with Gasteiger partial charge in [-0.3, -0.25) is 19.1 Å². The molecule has 0 aromatic heterocycles. The Morgan fingerprint density at radius 1 is 1.05 bits per heavy atom. The van der Waals surface area contributed by atoms with E-state index in [4.69, 9.17) is 14.0 Å². The number of ether oxygens (including phenoxy) is 2. The van der Waals surface area contributed by atoms with Gasteiger partial charge in [-0.15, -0.1) is 11.8 Å². The van der Waals surface area contributed by atoms with Crippen LogP contribution in [0.15, 0.2) is 59.6 Å². The van der Waals surface area contributed by atoms with Crippen molar-refractivity contribution < 1.29 is 36.8 Å². The number of hydrogen-bond acceptors (Lipinski definition) is 9. The van der Waals surface area contributed by atoms with Gasteiger partial charge >= 0.3 is 22.4 Å². The maximum Gasteiger partial charge on any atom is 0.407 e. The molecule has 2 aromatic rings. The Balaban J connectivity index is 1.84. The van der Waals surface area contributed by atoms with E-state index in [0.717, 1.165) is 5.56 Å². The van der Waals surface area contributed by atoms with Gasteiger partial charge in [-0.1, -0.05) is 42.5 Å². The zero-order chi connectivity index (χ0) is 28.4. The number of alkyl carbamates (subject to hydrolysis) is 1. The maximum atomic E-state index is 13.4. The van der Waals surface area contributed by atoms with E-state index in [9.17, 15) is 22.8 Å². The Bertz CT molecular complexity index is 1290. The SMILES string of the molecule is CCOC(=O)C1CSC([C@H](Cc2ccc(NS(=O)(=O)O)cc2)NC(=O)[C@H](Cc2ccccc2)NC(=O)OC)=N1. The average molecular weight is 579 g/mol. The molecule has 14 heteroatoms. The lowest BCUT2D eigenvalue weighted by molar-refractivity contribution is -0.143. The first-order valence-electron chi connectivity index (χ1n) is 12.0. The van der Waals surface area contributed by atoms with Crippen molar-refractivity contribution in [1.82, 2.24) is 10.6 Å². The number of esters is 1. The summed E-state index contributed by atoms with van der Waals surface area (Å²) in [5.74, 6) is -0.590. The summed E-state index contributed by atoms with van der Waals surface area (Å²) in [6, 6.07) is 13.0. The average Bonchev–Trinajstić information content (AvgIpc) is 3.39. The summed E-state index contributed by atoms with van der Waals surface area (Å²) >= 11 is 1.32. The third kappa shape index (κ3) is 9.57. The van der Waals surface area contributed by atoms with E-state index >= 15 is 0 Å². The topological polar surface area (TPSA) is 172 Å². The van der Waals surface area contributed by atoms with Crippen LogP contribution in [0, 0.1) is 0 Å². The third-order valence-electron chi connectivity index (χ3n) is 5.56. The van der Waals surface area contributed by atoms with Gasteiger partial charge in [0.15, 0.2) is 6.04 Å². The number of thioether (sulfide) groups is 1. The lowest BCUT2D eigenvalue weighted by atomic mass is 10.0. The van der Waals surface area contributed by atoms with Crippen molar-refractivity contribution in [2.75, 3.05) is 24.2 Å². The fourth-order valence-electron chi connectivity index (χ4n) is 3.77. The second kappa shape index (κ2) is 14.0. The molecular formula is C25H30N4O8S2. The molecule has 2 amide bonds. The molecule has 0 saturated heterocycles. The Morgan fingerprint density at radius 3 is 2.33 bits per heavy atom. The Morgan fingerprint density at radius 2 is 1.72 bits per heavy atom. The predicted octanol–water partition coefficient (Wildman–Crippen LogP) is 1.97. The number of aliphatic imine (C=N–C) groups is 1. The molecule has 1 aliphatic heterocycles. The van der Waals surface area contributed by atoms with Crippen molar-refractivity contribution >= 4 is 50.8 Å². The minimum Gasteiger partial charge on any atom is -0.464 e. The molecule has 0 saturated carbocycles. The number of nitrogens with zero attached hydrogens (tertiary/aromatic N) is 1. The van der Waals surface area contributed by atoms with Crippen LogP contribution in [0.1, 0.15) is 18.1 Å². The van der Waals surface area contributed by atoms with Crippen molar-refractivity contribution in [3.05, 3.63) is 65.7 Å². The molecule has 210 valence electrons. The highest BCUT2D eigenvalue weighted by molar-refractivity contribution is 8.14. The van der Waals surface area contributed by atoms with Crippen LogP contribution in [0.4, 0.5) is 10.5 Å². The first-order chi connectivity index (χ1) is 18.6. The number of benzene rings is 2. The zero-order valence-electron chi connectivity index (χ0n) is 21.3. The van der Waals surface area contributed by atoms with Crippen LogP contribution < -0.4 is 15.4 Å². The van der Waals surface area contributed by atoms with E-state index in [-0.39, 0.29) is 25.1 Å². The molecule has 12 nitrogen and oxygen atoms in total. The van der Waals surface area contributed by atoms with E-state index in [2.05, 4.69) is 15.6 Å². The van der Waals surface area contributed by atoms with Crippen molar-refractivity contribution in [2.45, 2.75) is 37.9 Å². The van der Waals surface area contributed by atoms with E-state index in [1.54, 1.807) is 19.1 Å². The number of carbonyl (C=O) groups is 3. The number of amides is 2. The summed E-state index contributed by atoms with van der Waals surface area (Å²) in [5, 5.41) is 6.01. The standard InChI is InChI=1S/C25H30N4O8S2/c1-3-37-24(31)21-15-38-23(27-21)20(14-17-9-11-18(12-10-17)29-39(33,34)35)26-22(30)19(28-25(32)36-2)13-16-7-5-4-6-8-16/h4-12,19-21,29H,3,13-15H2,1-2H3,(H,26,30)(H,28,32)(H,33,34,35)/t19-,20-,21?/m0/s1. The highest BCUT2D eigenvalue weighted by Crippen LogP contribution is 2.24. The van der Waals surface area contributed by atoms with Gasteiger partial charge in [0.25, 0.3) is 0 Å². The van der Waals surface area contributed by atoms with Crippen LogP contribution in [0.5, 0.6) is 0 Å². The molecule has 1 aliphatic rings. The first kappa shape index (κ1) is 29.9. The number of rotatable bonds is 12. The molecule has 4 N–H and O–H groups in total. The van der Waals surface area contributed by atoms with Gasteiger partial charge in [0.2, 0.25) is 5.91 Å². The maximum absolute atomic E-state index is 13.4. The Kier molecular flexibility index (Phi) is 10.7. The van der Waals surface area contributed by atoms with Crippen molar-refractivity contribution in [3.8, 4) is 0 Å². The molecule has 0 radical (unpaired) electrons. The van der Waals surface area contributed by atoms with Crippen LogP contribution in [-0.4, -0.2) is 73.6 Å². The fraction of sp³-hybridized carbons (Fsp3) is 0.360. The van der Waals surface area contributed by atoms with Gasteiger partial charge in [0, 0.05) is 12.2 Å². The molecule has 3 rings (SSSR count). The lowest BCUT2D eigenvalue weighted by Crippen LogP contribution is -2.52. The molecular weight excluding hydrogens is 548 g/mol. The van der Waals surface area contributed by atoms with Gasteiger partial charge in [-0.25, -0.2) is 9.59 Å². The summed E-state index contributed by atoms with van der Waals surface area (Å²) in [6.45, 7) is 1.92. The minimum absolute atomic E-state index is 0.155. The van der Waals surface area contributed by atoms with E-state index in [0.29, 0.717) is 16.4 Å². The second-order valence-corrected chi connectivity index (χ2v) is 10.7. The van der Waals surface area contributed by atoms with Gasteiger partial charge < -0.3 is 20.1 Å². The molecule has 1 unspecified atom stereocenters. The first-order valence-corrected chi connectivity index (χ1v) is 14.4. The zero-order valence-corrected chi connectivity index (χ0v) is 23.0. The number of anilines is 1. The summed E-state index contributed by atoms with van der Waals surface area (Å²) < 4.78 is 42.9. The number of carbonyl (C=O) groups excluding carboxylic acids is 3. The molecule has 3 atom stereocenters. The highest BCUT2D eigenvalue weighted by atomic mass is 32.2. The quantitative estimate of drug-likeness (QED) is 0.217. The summed E-state index contributed by atoms with van der Waals surface area (Å²) in [6.07, 6.45) is -0.315. The Hall–Kier alpha value is -3.62. The number of nitrogens with one attached hydrogen (secondary N) is 3. The third-order valence-corrected chi connectivity index (χ3v) is 7.22. The van der Waals surface area contributed by atoms with Gasteiger partial charge in [-0.2, -0.15) is 8.42 Å². The summed E-state index contributed by atoms with van der Waals surface area (Å²) in [7, 11) is -3.22. The molecule has 39 heavy (non-hydrogen) atoms. The van der Waals surface area contributed by atoms with Crippen LogP contribution in [0.25, 0.3) is 0 Å². The Labute approximate surface area is 230 Å². The van der Waals surface area contributed by atoms with Crippen LogP contribution in [0.2, 0.25) is 0 Å². The molecule has 0 fully saturated rings. The molecule has 0 aliphatic carbocycles. The lowest BCUT2D eigenvalue weighted by Gasteiger charge is -2.23. The number of methoxy groups -OCH3 is 1. The van der Waals surface area contributed by atoms with Crippen LogP contribution >= 0.6 is 11.8 Å². The number of hydrogen-bond donors (Lipinski definition) is 4. The predicted molar refractivity (Wildman–Crippen MR) is 147 cm³/mol. The smallest absolute Gasteiger partial charge is 0.407 e. The summed E-state index contributed by atoms with van der Waals surface area (Å²) in [5.41, 5.74) is 1.69. The van der Waals surface area contributed by atoms with Gasteiger partial charge in [0.1, 0.15) is 6.04 Å². The van der Waals surface area contributed by atoms with Crippen molar-refractivity contribution in [3.63, 3.8) is 0 Å². The second-order valence-electron chi connectivity index (χ2n) is 8.46. The molecule has 1 heterocycles. The minimum atomic E-state index is -4.43. The fourth-order valence-corrected chi connectivity index (χ4v) is 5.29. The molecule has 2 aromatic carbocycles. The van der Waals surface area contributed by atoms with Gasteiger partial charge in [-0.05, 0) is 36.6 Å². The van der Waals surface area contributed by atoms with Gasteiger partial charge in [0.05, 0.1) is 30.5 Å². The van der Waals surface area contributed by atoms with Crippen molar-refractivity contribution in [2.24, 2.45) is 4.99 Å². The normalized spacial score (nSPS) is 16.4. The molecule has 0 spiro atoms. The van der Waals surface area contributed by atoms with Crippen molar-refractivity contribution in [1.29, 1.82) is 0 Å². The largest absolute Gasteiger partial charge is 0.464 e. The van der Waals surface area contributed by atoms with Crippen LogP contribution in [0.3, 0.4) is 0 Å². The molecule has 0 bridgehead atoms. The monoisotopic (exact) mass is 578 g/mol. The van der Waals surface area contributed by atoms with E-state index < -0.39 is 46.4 Å². The van der Waals surface area contributed by atoms with E-state index in [1.807, 2.05) is 35.1 Å². The summed E-state index contributed by atoms with van der Waals surface area (Å²) in [4.78, 5) is 42.2. The van der Waals surface area contributed by atoms with Crippen LogP contribution in [-0.2, 0) is 42.2 Å². The van der Waals surface area contributed by atoms with E-state index in [1.165, 1.54) is 31.0 Å².